The molecule has 0 bridgehead atoms. The molecular formula is C19H27F3IN5. The number of hydrogen-bond donors (Lipinski definition) is 1. The Kier molecular flexibility index (Phi) is 8.77. The standard InChI is InChI=1S/C19H26F3N5.HI/c1-6-23-18(24-11-17-13(2)25-27(5)14(17)3)26(4)12-15-7-9-16(10-8-15)19(20,21)22;/h7-10H,6,11-12H2,1-5H3,(H,23,24);1H. The van der Waals surface area contributed by atoms with Gasteiger partial charge in [0.15, 0.2) is 5.96 Å². The highest BCUT2D eigenvalue weighted by Gasteiger charge is 2.29. The van der Waals surface area contributed by atoms with Gasteiger partial charge in [-0.3, -0.25) is 4.68 Å². The Morgan fingerprint density at radius 1 is 1.21 bits per heavy atom. The van der Waals surface area contributed by atoms with Crippen LogP contribution in [0, 0.1) is 13.8 Å². The molecule has 1 aromatic carbocycles. The highest BCUT2D eigenvalue weighted by Crippen LogP contribution is 2.29. The van der Waals surface area contributed by atoms with Crippen LogP contribution in [0.25, 0.3) is 0 Å². The zero-order valence-corrected chi connectivity index (χ0v) is 19.1. The number of aryl methyl sites for hydroxylation is 2. The van der Waals surface area contributed by atoms with Crippen LogP contribution < -0.4 is 5.32 Å². The molecule has 1 N–H and O–H groups in total. The lowest BCUT2D eigenvalue weighted by molar-refractivity contribution is -0.137. The molecule has 0 spiro atoms. The van der Waals surface area contributed by atoms with Crippen molar-refractivity contribution in [3.8, 4) is 0 Å². The van der Waals surface area contributed by atoms with E-state index in [0.29, 0.717) is 25.6 Å². The molecule has 2 aromatic rings. The zero-order chi connectivity index (χ0) is 20.2. The molecule has 0 unspecified atom stereocenters. The molecule has 0 aliphatic rings. The average molecular weight is 509 g/mol. The third-order valence-corrected chi connectivity index (χ3v) is 4.44. The number of nitrogens with zero attached hydrogens (tertiary/aromatic N) is 4. The first-order chi connectivity index (χ1) is 12.6. The van der Waals surface area contributed by atoms with E-state index < -0.39 is 11.7 Å². The summed E-state index contributed by atoms with van der Waals surface area (Å²) in [6.07, 6.45) is -4.32. The fraction of sp³-hybridized carbons (Fsp3) is 0.474. The quantitative estimate of drug-likeness (QED) is 0.372. The second kappa shape index (κ2) is 10.1. The van der Waals surface area contributed by atoms with Crippen LogP contribution in [0.2, 0.25) is 0 Å². The molecule has 0 saturated heterocycles. The summed E-state index contributed by atoms with van der Waals surface area (Å²) in [4.78, 5) is 6.57. The van der Waals surface area contributed by atoms with E-state index >= 15 is 0 Å². The maximum absolute atomic E-state index is 12.7. The Hall–Kier alpha value is -1.78. The summed E-state index contributed by atoms with van der Waals surface area (Å²) >= 11 is 0. The van der Waals surface area contributed by atoms with Gasteiger partial charge in [0.25, 0.3) is 0 Å². The van der Waals surface area contributed by atoms with E-state index in [1.54, 1.807) is 0 Å². The van der Waals surface area contributed by atoms with Gasteiger partial charge in [0.05, 0.1) is 17.8 Å². The van der Waals surface area contributed by atoms with Gasteiger partial charge >= 0.3 is 6.18 Å². The lowest BCUT2D eigenvalue weighted by atomic mass is 10.1. The number of aromatic nitrogens is 2. The minimum Gasteiger partial charge on any atom is -0.357 e. The molecule has 0 atom stereocenters. The van der Waals surface area contributed by atoms with Crippen molar-refractivity contribution < 1.29 is 13.2 Å². The van der Waals surface area contributed by atoms with Crippen molar-refractivity contribution in [2.75, 3.05) is 13.6 Å². The Morgan fingerprint density at radius 2 is 1.82 bits per heavy atom. The number of hydrogen-bond acceptors (Lipinski definition) is 2. The van der Waals surface area contributed by atoms with Crippen LogP contribution in [-0.2, 0) is 26.3 Å². The first kappa shape index (κ1) is 24.3. The van der Waals surface area contributed by atoms with E-state index in [-0.39, 0.29) is 24.0 Å². The second-order valence-corrected chi connectivity index (χ2v) is 6.49. The van der Waals surface area contributed by atoms with Crippen LogP contribution in [0.1, 0.15) is 35.0 Å². The monoisotopic (exact) mass is 509 g/mol. The van der Waals surface area contributed by atoms with E-state index in [0.717, 1.165) is 34.6 Å². The van der Waals surface area contributed by atoms with E-state index in [2.05, 4.69) is 15.4 Å². The number of aliphatic imine (C=N–C) groups is 1. The van der Waals surface area contributed by atoms with Crippen molar-refractivity contribution in [3.63, 3.8) is 0 Å². The van der Waals surface area contributed by atoms with Gasteiger partial charge in [-0.1, -0.05) is 12.1 Å². The summed E-state index contributed by atoms with van der Waals surface area (Å²) in [6.45, 7) is 7.57. The van der Waals surface area contributed by atoms with E-state index in [1.807, 2.05) is 44.4 Å². The fourth-order valence-corrected chi connectivity index (χ4v) is 2.82. The lowest BCUT2D eigenvalue weighted by Gasteiger charge is -2.22. The molecule has 1 aromatic heterocycles. The van der Waals surface area contributed by atoms with Gasteiger partial charge in [0.1, 0.15) is 0 Å². The summed E-state index contributed by atoms with van der Waals surface area (Å²) in [6, 6.07) is 5.21. The number of guanidine groups is 1. The van der Waals surface area contributed by atoms with Crippen LogP contribution in [0.4, 0.5) is 13.2 Å². The smallest absolute Gasteiger partial charge is 0.357 e. The molecule has 0 fully saturated rings. The average Bonchev–Trinajstić information content (AvgIpc) is 2.83. The SMILES string of the molecule is CCNC(=NCc1c(C)nn(C)c1C)N(C)Cc1ccc(C(F)(F)F)cc1.I. The largest absolute Gasteiger partial charge is 0.416 e. The van der Waals surface area contributed by atoms with Crippen molar-refractivity contribution >= 4 is 29.9 Å². The predicted molar refractivity (Wildman–Crippen MR) is 116 cm³/mol. The molecule has 156 valence electrons. The van der Waals surface area contributed by atoms with Gasteiger partial charge < -0.3 is 10.2 Å². The third-order valence-electron chi connectivity index (χ3n) is 4.44. The Balaban J connectivity index is 0.00000392. The topological polar surface area (TPSA) is 45.5 Å². The molecule has 0 aliphatic carbocycles. The van der Waals surface area contributed by atoms with E-state index in [4.69, 9.17) is 0 Å². The first-order valence-electron chi connectivity index (χ1n) is 8.78. The zero-order valence-electron chi connectivity index (χ0n) is 16.8. The second-order valence-electron chi connectivity index (χ2n) is 6.49. The minimum absolute atomic E-state index is 0. The molecule has 28 heavy (non-hydrogen) atoms. The molecule has 0 amide bonds. The molecule has 9 heteroatoms. The summed E-state index contributed by atoms with van der Waals surface area (Å²) in [5.41, 5.74) is 3.23. The number of nitrogens with one attached hydrogen (secondary N) is 1. The van der Waals surface area contributed by atoms with Crippen molar-refractivity contribution in [2.24, 2.45) is 12.0 Å². The van der Waals surface area contributed by atoms with Gasteiger partial charge in [0.2, 0.25) is 0 Å². The van der Waals surface area contributed by atoms with Crippen molar-refractivity contribution in [1.29, 1.82) is 0 Å². The van der Waals surface area contributed by atoms with Gasteiger partial charge in [-0.2, -0.15) is 18.3 Å². The molecule has 5 nitrogen and oxygen atoms in total. The van der Waals surface area contributed by atoms with Crippen LogP contribution in [0.3, 0.4) is 0 Å². The molecule has 0 radical (unpaired) electrons. The summed E-state index contributed by atoms with van der Waals surface area (Å²) in [5, 5.41) is 7.62. The number of halogens is 4. The number of rotatable bonds is 5. The first-order valence-corrected chi connectivity index (χ1v) is 8.78. The minimum atomic E-state index is -4.32. The molecule has 1 heterocycles. The summed E-state index contributed by atoms with van der Waals surface area (Å²) < 4.78 is 39.9. The molecule has 0 saturated carbocycles. The summed E-state index contributed by atoms with van der Waals surface area (Å²) in [7, 11) is 3.76. The van der Waals surface area contributed by atoms with Crippen molar-refractivity contribution in [2.45, 2.75) is 40.0 Å². The Bertz CT molecular complexity index is 797. The van der Waals surface area contributed by atoms with Gasteiger partial charge in [-0.15, -0.1) is 24.0 Å². The summed E-state index contributed by atoms with van der Waals surface area (Å²) in [5.74, 6) is 0.694. The van der Waals surface area contributed by atoms with Crippen molar-refractivity contribution in [1.82, 2.24) is 20.0 Å². The van der Waals surface area contributed by atoms with E-state index in [9.17, 15) is 13.2 Å². The highest BCUT2D eigenvalue weighted by atomic mass is 127. The number of alkyl halides is 3. The van der Waals surface area contributed by atoms with Crippen LogP contribution >= 0.6 is 24.0 Å². The Morgan fingerprint density at radius 3 is 2.29 bits per heavy atom. The van der Waals surface area contributed by atoms with Crippen LogP contribution in [-0.4, -0.2) is 34.2 Å². The maximum Gasteiger partial charge on any atom is 0.416 e. The van der Waals surface area contributed by atoms with E-state index in [1.165, 1.54) is 12.1 Å². The normalized spacial score (nSPS) is 11.9. The Labute approximate surface area is 181 Å². The van der Waals surface area contributed by atoms with Gasteiger partial charge in [0, 0.05) is 38.4 Å². The number of benzene rings is 1. The highest BCUT2D eigenvalue weighted by molar-refractivity contribution is 14.0. The molecule has 0 aliphatic heterocycles. The van der Waals surface area contributed by atoms with Crippen LogP contribution in [0.5, 0.6) is 0 Å². The molecular weight excluding hydrogens is 482 g/mol. The third kappa shape index (κ3) is 6.11. The maximum atomic E-state index is 12.7. The van der Waals surface area contributed by atoms with Crippen molar-refractivity contribution in [3.05, 3.63) is 52.3 Å². The lowest BCUT2D eigenvalue weighted by Crippen LogP contribution is -2.38. The predicted octanol–water partition coefficient (Wildman–Crippen LogP) is 4.27. The fourth-order valence-electron chi connectivity index (χ4n) is 2.82. The van der Waals surface area contributed by atoms with Crippen LogP contribution in [0.15, 0.2) is 29.3 Å². The molecule has 2 rings (SSSR count). The van der Waals surface area contributed by atoms with Gasteiger partial charge in [-0.25, -0.2) is 4.99 Å². The van der Waals surface area contributed by atoms with Gasteiger partial charge in [-0.05, 0) is 38.5 Å².